The predicted molar refractivity (Wildman–Crippen MR) is 112 cm³/mol. The van der Waals surface area contributed by atoms with E-state index < -0.39 is 0 Å². The standard InChI is InChI=1S/C24H25NO5/c1-15-5-3-4-6-20(15)25-24(27)16-7-9-17(10-8-16)30-22-14-29-21-13-18(28-2)11-12-19(21)23(22)26/h3-10,14,18-19,21H,11-13H2,1-2H3,(H,25,27). The van der Waals surface area contributed by atoms with Crippen LogP contribution >= 0.6 is 0 Å². The number of benzene rings is 2. The number of hydrogen-bond acceptors (Lipinski definition) is 5. The van der Waals surface area contributed by atoms with E-state index in [9.17, 15) is 9.59 Å². The van der Waals surface area contributed by atoms with E-state index in [1.165, 1.54) is 6.26 Å². The van der Waals surface area contributed by atoms with Gasteiger partial charge in [-0.1, -0.05) is 18.2 Å². The van der Waals surface area contributed by atoms with Crippen molar-refractivity contribution < 1.29 is 23.8 Å². The average molecular weight is 407 g/mol. The molecule has 0 aromatic heterocycles. The van der Waals surface area contributed by atoms with E-state index in [4.69, 9.17) is 14.2 Å². The maximum atomic E-state index is 12.8. The first-order chi connectivity index (χ1) is 14.5. The molecule has 6 nitrogen and oxygen atoms in total. The number of fused-ring (bicyclic) bond motifs is 1. The van der Waals surface area contributed by atoms with Crippen molar-refractivity contribution in [3.8, 4) is 5.75 Å². The Kier molecular flexibility index (Phi) is 5.86. The molecule has 1 amide bonds. The van der Waals surface area contributed by atoms with Crippen molar-refractivity contribution in [2.24, 2.45) is 5.92 Å². The maximum absolute atomic E-state index is 12.8. The molecule has 6 heteroatoms. The second-order valence-electron chi connectivity index (χ2n) is 7.69. The summed E-state index contributed by atoms with van der Waals surface area (Å²) in [6.45, 7) is 1.94. The minimum atomic E-state index is -0.204. The van der Waals surface area contributed by atoms with Gasteiger partial charge in [-0.3, -0.25) is 9.59 Å². The lowest BCUT2D eigenvalue weighted by Gasteiger charge is -2.36. The number of amides is 1. The molecule has 30 heavy (non-hydrogen) atoms. The molecule has 1 N–H and O–H groups in total. The molecule has 4 rings (SSSR count). The Morgan fingerprint density at radius 2 is 1.87 bits per heavy atom. The van der Waals surface area contributed by atoms with Gasteiger partial charge in [0.25, 0.3) is 5.91 Å². The lowest BCUT2D eigenvalue weighted by molar-refractivity contribution is -0.133. The quantitative estimate of drug-likeness (QED) is 0.802. The first-order valence-electron chi connectivity index (χ1n) is 10.1. The number of anilines is 1. The van der Waals surface area contributed by atoms with Crippen LogP contribution in [0.15, 0.2) is 60.6 Å². The number of carbonyl (C=O) groups is 2. The highest BCUT2D eigenvalue weighted by molar-refractivity contribution is 6.04. The fourth-order valence-electron chi connectivity index (χ4n) is 3.93. The van der Waals surface area contributed by atoms with Crippen LogP contribution in [-0.2, 0) is 14.3 Å². The molecule has 1 aliphatic heterocycles. The predicted octanol–water partition coefficient (Wildman–Crippen LogP) is 4.25. The third-order valence-corrected chi connectivity index (χ3v) is 5.74. The fourth-order valence-corrected chi connectivity index (χ4v) is 3.93. The summed E-state index contributed by atoms with van der Waals surface area (Å²) < 4.78 is 16.9. The van der Waals surface area contributed by atoms with Crippen molar-refractivity contribution in [1.29, 1.82) is 0 Å². The lowest BCUT2D eigenvalue weighted by Crippen LogP contribution is -2.42. The van der Waals surface area contributed by atoms with E-state index in [0.717, 1.165) is 24.1 Å². The maximum Gasteiger partial charge on any atom is 0.255 e. The monoisotopic (exact) mass is 407 g/mol. The van der Waals surface area contributed by atoms with Crippen LogP contribution in [0.25, 0.3) is 0 Å². The summed E-state index contributed by atoms with van der Waals surface area (Å²) in [4.78, 5) is 25.3. The summed E-state index contributed by atoms with van der Waals surface area (Å²) in [5.74, 6) is 0.238. The van der Waals surface area contributed by atoms with E-state index in [1.807, 2.05) is 31.2 Å². The number of methoxy groups -OCH3 is 1. The largest absolute Gasteiger partial charge is 0.493 e. The molecular formula is C24H25NO5. The molecule has 1 heterocycles. The number of hydrogen-bond donors (Lipinski definition) is 1. The van der Waals surface area contributed by atoms with E-state index in [2.05, 4.69) is 5.32 Å². The van der Waals surface area contributed by atoms with Crippen LogP contribution in [0.5, 0.6) is 5.75 Å². The number of Topliss-reactive ketones (excluding diaryl/α,β-unsaturated/α-hetero) is 1. The fraction of sp³-hybridized carbons (Fsp3) is 0.333. The van der Waals surface area contributed by atoms with E-state index in [1.54, 1.807) is 31.4 Å². The Bertz CT molecular complexity index is 966. The molecule has 1 aliphatic carbocycles. The Labute approximate surface area is 175 Å². The van der Waals surface area contributed by atoms with Crippen LogP contribution in [0, 0.1) is 12.8 Å². The molecule has 0 saturated heterocycles. The number of nitrogens with one attached hydrogen (secondary N) is 1. The van der Waals surface area contributed by atoms with Crippen molar-refractivity contribution >= 4 is 17.4 Å². The van der Waals surface area contributed by atoms with Gasteiger partial charge in [0, 0.05) is 24.8 Å². The summed E-state index contributed by atoms with van der Waals surface area (Å²) in [5, 5.41) is 2.90. The van der Waals surface area contributed by atoms with Gasteiger partial charge in [-0.2, -0.15) is 0 Å². The zero-order chi connectivity index (χ0) is 21.1. The van der Waals surface area contributed by atoms with Gasteiger partial charge in [0.2, 0.25) is 11.5 Å². The minimum absolute atomic E-state index is 0.0397. The number of allylic oxidation sites excluding steroid dienone is 1. The second-order valence-corrected chi connectivity index (χ2v) is 7.69. The smallest absolute Gasteiger partial charge is 0.255 e. The first kappa shape index (κ1) is 20.2. The Morgan fingerprint density at radius 3 is 2.60 bits per heavy atom. The van der Waals surface area contributed by atoms with Crippen LogP contribution in [0.2, 0.25) is 0 Å². The van der Waals surface area contributed by atoms with Crippen LogP contribution in [0.3, 0.4) is 0 Å². The normalized spacial score (nSPS) is 23.1. The summed E-state index contributed by atoms with van der Waals surface area (Å²) in [6, 6.07) is 14.3. The van der Waals surface area contributed by atoms with Gasteiger partial charge in [-0.25, -0.2) is 0 Å². The molecule has 1 fully saturated rings. The van der Waals surface area contributed by atoms with Crippen molar-refractivity contribution in [3.63, 3.8) is 0 Å². The van der Waals surface area contributed by atoms with Gasteiger partial charge in [-0.15, -0.1) is 0 Å². The summed E-state index contributed by atoms with van der Waals surface area (Å²) in [5.41, 5.74) is 2.27. The topological polar surface area (TPSA) is 73.9 Å². The summed E-state index contributed by atoms with van der Waals surface area (Å²) in [7, 11) is 1.69. The van der Waals surface area contributed by atoms with Gasteiger partial charge in [-0.05, 0) is 55.7 Å². The number of para-hydroxylation sites is 1. The van der Waals surface area contributed by atoms with Gasteiger partial charge in [0.15, 0.2) is 0 Å². The van der Waals surface area contributed by atoms with Crippen molar-refractivity contribution in [2.45, 2.75) is 38.4 Å². The first-order valence-corrected chi connectivity index (χ1v) is 10.1. The third-order valence-electron chi connectivity index (χ3n) is 5.74. The van der Waals surface area contributed by atoms with E-state index in [0.29, 0.717) is 17.7 Å². The van der Waals surface area contributed by atoms with Crippen LogP contribution in [0.1, 0.15) is 35.2 Å². The second kappa shape index (κ2) is 8.71. The van der Waals surface area contributed by atoms with Gasteiger partial charge < -0.3 is 19.5 Å². The third kappa shape index (κ3) is 4.24. The Hall–Kier alpha value is -3.12. The van der Waals surface area contributed by atoms with Crippen LogP contribution in [-0.4, -0.2) is 31.0 Å². The van der Waals surface area contributed by atoms with Crippen LogP contribution in [0.4, 0.5) is 5.69 Å². The summed E-state index contributed by atoms with van der Waals surface area (Å²) in [6.07, 6.45) is 3.65. The highest BCUT2D eigenvalue weighted by Gasteiger charge is 2.41. The van der Waals surface area contributed by atoms with E-state index in [-0.39, 0.29) is 35.6 Å². The molecule has 2 aromatic rings. The molecule has 0 radical (unpaired) electrons. The zero-order valence-corrected chi connectivity index (χ0v) is 17.1. The molecule has 0 bridgehead atoms. The number of aryl methyl sites for hydroxylation is 1. The molecule has 1 saturated carbocycles. The molecule has 156 valence electrons. The van der Waals surface area contributed by atoms with E-state index >= 15 is 0 Å². The molecule has 3 unspecified atom stereocenters. The van der Waals surface area contributed by atoms with Crippen molar-refractivity contribution in [3.05, 3.63) is 71.7 Å². The highest BCUT2D eigenvalue weighted by atomic mass is 16.5. The van der Waals surface area contributed by atoms with Gasteiger partial charge >= 0.3 is 0 Å². The SMILES string of the molecule is COC1CCC2C(=O)C(Oc3ccc(C(=O)Nc4ccccc4C)cc3)=COC2C1. The van der Waals surface area contributed by atoms with Gasteiger partial charge in [0.1, 0.15) is 18.1 Å². The number of ether oxygens (including phenoxy) is 3. The molecule has 2 aromatic carbocycles. The number of carbonyl (C=O) groups excluding carboxylic acids is 2. The molecule has 0 spiro atoms. The minimum Gasteiger partial charge on any atom is -0.493 e. The Balaban J connectivity index is 1.40. The highest BCUT2D eigenvalue weighted by Crippen LogP contribution is 2.34. The molecule has 2 aliphatic rings. The number of ketones is 1. The van der Waals surface area contributed by atoms with Gasteiger partial charge in [0.05, 0.1) is 12.0 Å². The Morgan fingerprint density at radius 1 is 1.10 bits per heavy atom. The van der Waals surface area contributed by atoms with Crippen molar-refractivity contribution in [2.75, 3.05) is 12.4 Å². The van der Waals surface area contributed by atoms with Crippen LogP contribution < -0.4 is 10.1 Å². The zero-order valence-electron chi connectivity index (χ0n) is 17.1. The average Bonchev–Trinajstić information content (AvgIpc) is 2.77. The number of rotatable bonds is 5. The summed E-state index contributed by atoms with van der Waals surface area (Å²) >= 11 is 0. The molecule has 3 atom stereocenters. The lowest BCUT2D eigenvalue weighted by atomic mass is 9.80. The molecular weight excluding hydrogens is 382 g/mol. The van der Waals surface area contributed by atoms with Crippen molar-refractivity contribution in [1.82, 2.24) is 0 Å².